The SMILES string of the molecule is Cc1nnc2n1[C@H](C)CN(C(=O)CN(C)Cc1ccncc1)C2. The summed E-state index contributed by atoms with van der Waals surface area (Å²) in [5, 5.41) is 8.30. The molecule has 0 unspecified atom stereocenters. The van der Waals surface area contributed by atoms with Gasteiger partial charge in [-0.1, -0.05) is 0 Å². The Hall–Kier alpha value is -2.28. The Kier molecular flexibility index (Phi) is 4.38. The molecule has 0 saturated carbocycles. The lowest BCUT2D eigenvalue weighted by atomic mass is 10.2. The molecule has 122 valence electrons. The van der Waals surface area contributed by atoms with Crippen molar-refractivity contribution >= 4 is 5.91 Å². The van der Waals surface area contributed by atoms with E-state index in [1.54, 1.807) is 12.4 Å². The van der Waals surface area contributed by atoms with Crippen molar-refractivity contribution in [1.82, 2.24) is 29.5 Å². The highest BCUT2D eigenvalue weighted by Crippen LogP contribution is 2.21. The first-order chi connectivity index (χ1) is 11.0. The molecule has 0 spiro atoms. The first-order valence-electron chi connectivity index (χ1n) is 7.80. The first-order valence-corrected chi connectivity index (χ1v) is 7.80. The van der Waals surface area contributed by atoms with E-state index in [-0.39, 0.29) is 11.9 Å². The predicted molar refractivity (Wildman–Crippen MR) is 85.5 cm³/mol. The van der Waals surface area contributed by atoms with Gasteiger partial charge < -0.3 is 9.47 Å². The summed E-state index contributed by atoms with van der Waals surface area (Å²) in [4.78, 5) is 20.5. The van der Waals surface area contributed by atoms with E-state index >= 15 is 0 Å². The Morgan fingerprint density at radius 2 is 2.09 bits per heavy atom. The van der Waals surface area contributed by atoms with Crippen molar-refractivity contribution in [2.24, 2.45) is 0 Å². The van der Waals surface area contributed by atoms with Crippen LogP contribution in [-0.2, 0) is 17.9 Å². The smallest absolute Gasteiger partial charge is 0.237 e. The summed E-state index contributed by atoms with van der Waals surface area (Å²) in [5.41, 5.74) is 1.15. The molecule has 7 heteroatoms. The van der Waals surface area contributed by atoms with Gasteiger partial charge in [-0.15, -0.1) is 10.2 Å². The fraction of sp³-hybridized carbons (Fsp3) is 0.500. The highest BCUT2D eigenvalue weighted by Gasteiger charge is 2.28. The number of fused-ring (bicyclic) bond motifs is 1. The summed E-state index contributed by atoms with van der Waals surface area (Å²) < 4.78 is 2.12. The molecule has 0 saturated heterocycles. The first kappa shape index (κ1) is 15.6. The van der Waals surface area contributed by atoms with E-state index in [0.717, 1.165) is 23.8 Å². The molecular weight excluding hydrogens is 292 g/mol. The van der Waals surface area contributed by atoms with Crippen LogP contribution in [0.5, 0.6) is 0 Å². The third-order valence-corrected chi connectivity index (χ3v) is 4.15. The average Bonchev–Trinajstić information content (AvgIpc) is 2.90. The Morgan fingerprint density at radius 3 is 2.83 bits per heavy atom. The predicted octanol–water partition coefficient (Wildman–Crippen LogP) is 1.02. The summed E-state index contributed by atoms with van der Waals surface area (Å²) in [6.45, 7) is 6.41. The third-order valence-electron chi connectivity index (χ3n) is 4.15. The van der Waals surface area contributed by atoms with Gasteiger partial charge in [0.25, 0.3) is 0 Å². The number of aryl methyl sites for hydroxylation is 1. The van der Waals surface area contributed by atoms with E-state index in [0.29, 0.717) is 19.6 Å². The zero-order valence-corrected chi connectivity index (χ0v) is 13.8. The van der Waals surface area contributed by atoms with E-state index in [4.69, 9.17) is 0 Å². The zero-order valence-electron chi connectivity index (χ0n) is 13.8. The van der Waals surface area contributed by atoms with Crippen LogP contribution in [0.15, 0.2) is 24.5 Å². The topological polar surface area (TPSA) is 67.2 Å². The molecule has 0 radical (unpaired) electrons. The van der Waals surface area contributed by atoms with E-state index in [2.05, 4.69) is 26.7 Å². The van der Waals surface area contributed by atoms with Crippen molar-refractivity contribution in [2.45, 2.75) is 33.0 Å². The largest absolute Gasteiger partial charge is 0.332 e. The van der Waals surface area contributed by atoms with Crippen molar-refractivity contribution in [3.63, 3.8) is 0 Å². The van der Waals surface area contributed by atoms with Crippen molar-refractivity contribution in [1.29, 1.82) is 0 Å². The second-order valence-corrected chi connectivity index (χ2v) is 6.18. The molecular formula is C16H22N6O. The van der Waals surface area contributed by atoms with E-state index in [1.807, 2.05) is 35.9 Å². The maximum absolute atomic E-state index is 12.6. The van der Waals surface area contributed by atoms with Gasteiger partial charge in [-0.05, 0) is 38.6 Å². The van der Waals surface area contributed by atoms with Gasteiger partial charge in [0.2, 0.25) is 5.91 Å². The summed E-state index contributed by atoms with van der Waals surface area (Å²) in [5.74, 6) is 1.90. The van der Waals surface area contributed by atoms with Crippen LogP contribution in [0.3, 0.4) is 0 Å². The standard InChI is InChI=1S/C16H22N6O/c1-12-8-21(10-15-19-18-13(2)22(12)15)16(23)11-20(3)9-14-4-6-17-7-5-14/h4-7,12H,8-11H2,1-3H3/t12-/m1/s1. The molecule has 3 rings (SSSR count). The normalized spacial score (nSPS) is 17.4. The number of pyridine rings is 1. The van der Waals surface area contributed by atoms with Crippen LogP contribution in [-0.4, -0.2) is 55.6 Å². The van der Waals surface area contributed by atoms with Gasteiger partial charge in [0, 0.05) is 25.5 Å². The van der Waals surface area contributed by atoms with E-state index in [9.17, 15) is 4.79 Å². The fourth-order valence-corrected chi connectivity index (χ4v) is 3.11. The quantitative estimate of drug-likeness (QED) is 0.843. The molecule has 1 atom stereocenters. The second-order valence-electron chi connectivity index (χ2n) is 6.18. The maximum Gasteiger partial charge on any atom is 0.237 e. The molecule has 1 amide bonds. The summed E-state index contributed by atoms with van der Waals surface area (Å²) >= 11 is 0. The summed E-state index contributed by atoms with van der Waals surface area (Å²) in [7, 11) is 1.96. The maximum atomic E-state index is 12.6. The van der Waals surface area contributed by atoms with Gasteiger partial charge in [0.05, 0.1) is 19.1 Å². The number of rotatable bonds is 4. The Morgan fingerprint density at radius 1 is 1.35 bits per heavy atom. The third kappa shape index (κ3) is 3.39. The van der Waals surface area contributed by atoms with Gasteiger partial charge in [-0.2, -0.15) is 0 Å². The number of amides is 1. The Balaban J connectivity index is 1.61. The van der Waals surface area contributed by atoms with Crippen LogP contribution in [0.4, 0.5) is 0 Å². The highest BCUT2D eigenvalue weighted by molar-refractivity contribution is 5.78. The molecule has 2 aromatic rings. The number of likely N-dealkylation sites (N-methyl/N-ethyl adjacent to an activating group) is 1. The van der Waals surface area contributed by atoms with Crippen molar-refractivity contribution in [2.75, 3.05) is 20.1 Å². The zero-order chi connectivity index (χ0) is 16.4. The van der Waals surface area contributed by atoms with Crippen molar-refractivity contribution in [3.8, 4) is 0 Å². The van der Waals surface area contributed by atoms with Crippen molar-refractivity contribution in [3.05, 3.63) is 41.7 Å². The summed E-state index contributed by atoms with van der Waals surface area (Å²) in [6.07, 6.45) is 3.54. The van der Waals surface area contributed by atoms with Crippen LogP contribution in [0.1, 0.15) is 30.2 Å². The number of hydrogen-bond acceptors (Lipinski definition) is 5. The molecule has 3 heterocycles. The second kappa shape index (κ2) is 6.45. The van der Waals surface area contributed by atoms with Gasteiger partial charge >= 0.3 is 0 Å². The number of carbonyl (C=O) groups is 1. The molecule has 0 bridgehead atoms. The van der Waals surface area contributed by atoms with Gasteiger partial charge in [-0.25, -0.2) is 0 Å². The van der Waals surface area contributed by atoms with Gasteiger partial charge in [-0.3, -0.25) is 14.7 Å². The van der Waals surface area contributed by atoms with Gasteiger partial charge in [0.15, 0.2) is 5.82 Å². The lowest BCUT2D eigenvalue weighted by molar-refractivity contribution is -0.134. The minimum Gasteiger partial charge on any atom is -0.332 e. The lowest BCUT2D eigenvalue weighted by Gasteiger charge is -2.33. The minimum atomic E-state index is 0.125. The van der Waals surface area contributed by atoms with Crippen LogP contribution in [0.2, 0.25) is 0 Å². The summed E-state index contributed by atoms with van der Waals surface area (Å²) in [6, 6.07) is 4.15. The molecule has 0 aliphatic carbocycles. The Labute approximate surface area is 135 Å². The molecule has 1 aliphatic heterocycles. The molecule has 0 fully saturated rings. The lowest BCUT2D eigenvalue weighted by Crippen LogP contribution is -2.44. The number of aromatic nitrogens is 4. The van der Waals surface area contributed by atoms with Crippen molar-refractivity contribution < 1.29 is 4.79 Å². The monoisotopic (exact) mass is 314 g/mol. The number of carbonyl (C=O) groups excluding carboxylic acids is 1. The Bertz CT molecular complexity index is 683. The fourth-order valence-electron chi connectivity index (χ4n) is 3.11. The minimum absolute atomic E-state index is 0.125. The van der Waals surface area contributed by atoms with Crippen LogP contribution < -0.4 is 0 Å². The molecule has 23 heavy (non-hydrogen) atoms. The van der Waals surface area contributed by atoms with Crippen LogP contribution in [0, 0.1) is 6.92 Å². The average molecular weight is 314 g/mol. The molecule has 7 nitrogen and oxygen atoms in total. The van der Waals surface area contributed by atoms with Gasteiger partial charge in [0.1, 0.15) is 5.82 Å². The number of hydrogen-bond donors (Lipinski definition) is 0. The molecule has 0 aromatic carbocycles. The van der Waals surface area contributed by atoms with Crippen LogP contribution >= 0.6 is 0 Å². The molecule has 0 N–H and O–H groups in total. The molecule has 2 aromatic heterocycles. The highest BCUT2D eigenvalue weighted by atomic mass is 16.2. The molecule has 1 aliphatic rings. The number of nitrogens with zero attached hydrogens (tertiary/aromatic N) is 6. The van der Waals surface area contributed by atoms with Crippen LogP contribution in [0.25, 0.3) is 0 Å². The van der Waals surface area contributed by atoms with E-state index in [1.165, 1.54) is 0 Å². The van der Waals surface area contributed by atoms with E-state index < -0.39 is 0 Å².